The predicted octanol–water partition coefficient (Wildman–Crippen LogP) is 4.52. The maximum absolute atomic E-state index is 12.2. The molecule has 1 heterocycles. The summed E-state index contributed by atoms with van der Waals surface area (Å²) in [6.45, 7) is 4.24. The Morgan fingerprint density at radius 3 is 2.32 bits per heavy atom. The number of hydrogen-bond acceptors (Lipinski definition) is 5. The van der Waals surface area contributed by atoms with Crippen LogP contribution in [0.3, 0.4) is 0 Å². The average molecular weight is 478 g/mol. The quantitative estimate of drug-likeness (QED) is 0.366. The monoisotopic (exact) mass is 476 g/mol. The van der Waals surface area contributed by atoms with Crippen LogP contribution in [-0.2, 0) is 11.3 Å². The van der Waals surface area contributed by atoms with Gasteiger partial charge in [-0.3, -0.25) is 4.90 Å². The lowest BCUT2D eigenvalue weighted by Crippen LogP contribution is -2.48. The van der Waals surface area contributed by atoms with Gasteiger partial charge in [0.05, 0.1) is 20.8 Å². The largest absolute Gasteiger partial charge is 0.493 e. The van der Waals surface area contributed by atoms with E-state index in [0.29, 0.717) is 37.1 Å². The van der Waals surface area contributed by atoms with Gasteiger partial charge in [0, 0.05) is 43.1 Å². The Bertz CT molecular complexity index is 624. The van der Waals surface area contributed by atoms with E-state index in [9.17, 15) is 4.79 Å². The van der Waals surface area contributed by atoms with E-state index in [2.05, 4.69) is 20.8 Å². The fourth-order valence-corrected chi connectivity index (χ4v) is 3.78. The Labute approximate surface area is 181 Å². The Morgan fingerprint density at radius 1 is 1.04 bits per heavy atom. The van der Waals surface area contributed by atoms with E-state index in [1.54, 1.807) is 19.1 Å². The van der Waals surface area contributed by atoms with Gasteiger partial charge in [-0.15, -0.1) is 11.6 Å². The summed E-state index contributed by atoms with van der Waals surface area (Å²) in [5, 5.41) is 0. The van der Waals surface area contributed by atoms with Crippen molar-refractivity contribution >= 4 is 33.6 Å². The van der Waals surface area contributed by atoms with Crippen LogP contribution in [0.2, 0.25) is 0 Å². The minimum absolute atomic E-state index is 0.204. The molecule has 28 heavy (non-hydrogen) atoms. The summed E-state index contributed by atoms with van der Waals surface area (Å²) in [4.78, 5) is 16.3. The molecule has 0 N–H and O–H groups in total. The van der Waals surface area contributed by atoms with Crippen molar-refractivity contribution in [2.45, 2.75) is 32.2 Å². The van der Waals surface area contributed by atoms with E-state index in [0.717, 1.165) is 55.4 Å². The van der Waals surface area contributed by atoms with Gasteiger partial charge in [0.2, 0.25) is 0 Å². The van der Waals surface area contributed by atoms with Crippen LogP contribution in [0.25, 0.3) is 0 Å². The minimum atomic E-state index is -0.204. The summed E-state index contributed by atoms with van der Waals surface area (Å²) in [6, 6.07) is 3.92. The lowest BCUT2D eigenvalue weighted by molar-refractivity contribution is 0.0734. The van der Waals surface area contributed by atoms with Crippen molar-refractivity contribution in [3.05, 3.63) is 22.2 Å². The predicted molar refractivity (Wildman–Crippen MR) is 115 cm³/mol. The molecule has 1 aliphatic rings. The van der Waals surface area contributed by atoms with E-state index >= 15 is 0 Å². The number of amides is 1. The van der Waals surface area contributed by atoms with Crippen molar-refractivity contribution in [1.82, 2.24) is 9.80 Å². The molecule has 1 aromatic rings. The molecule has 0 saturated carbocycles. The van der Waals surface area contributed by atoms with Gasteiger partial charge in [0.25, 0.3) is 0 Å². The second-order valence-electron chi connectivity index (χ2n) is 6.78. The first-order valence-corrected chi connectivity index (χ1v) is 11.0. The van der Waals surface area contributed by atoms with Crippen molar-refractivity contribution in [2.24, 2.45) is 0 Å². The maximum Gasteiger partial charge on any atom is 0.409 e. The fraction of sp³-hybridized carbons (Fsp3) is 0.650. The number of piperazine rings is 1. The Hall–Kier alpha value is -1.18. The molecule has 158 valence electrons. The molecule has 1 aromatic carbocycles. The summed E-state index contributed by atoms with van der Waals surface area (Å²) < 4.78 is 17.1. The van der Waals surface area contributed by atoms with Crippen molar-refractivity contribution in [2.75, 3.05) is 52.9 Å². The third-order valence-electron chi connectivity index (χ3n) is 4.83. The maximum atomic E-state index is 12.2. The smallest absolute Gasteiger partial charge is 0.409 e. The zero-order valence-electron chi connectivity index (χ0n) is 16.7. The van der Waals surface area contributed by atoms with Gasteiger partial charge in [-0.25, -0.2) is 4.79 Å². The molecule has 1 saturated heterocycles. The third kappa shape index (κ3) is 7.01. The van der Waals surface area contributed by atoms with Crippen LogP contribution >= 0.6 is 27.5 Å². The molecule has 6 nitrogen and oxygen atoms in total. The molecule has 0 aromatic heterocycles. The van der Waals surface area contributed by atoms with Gasteiger partial charge in [-0.2, -0.15) is 0 Å². The van der Waals surface area contributed by atoms with Crippen molar-refractivity contribution in [3.63, 3.8) is 0 Å². The topological polar surface area (TPSA) is 51.2 Å². The second-order valence-corrected chi connectivity index (χ2v) is 8.01. The van der Waals surface area contributed by atoms with Crippen molar-refractivity contribution < 1.29 is 19.0 Å². The number of unbranched alkanes of at least 4 members (excludes halogenated alkanes) is 3. The molecule has 8 heteroatoms. The fourth-order valence-electron chi connectivity index (χ4n) is 3.15. The summed E-state index contributed by atoms with van der Waals surface area (Å²) >= 11 is 9.27. The van der Waals surface area contributed by atoms with Crippen LogP contribution in [0.1, 0.15) is 31.2 Å². The van der Waals surface area contributed by atoms with E-state index in [1.165, 1.54) is 0 Å². The summed E-state index contributed by atoms with van der Waals surface area (Å²) in [5.41, 5.74) is 1.13. The van der Waals surface area contributed by atoms with E-state index < -0.39 is 0 Å². The average Bonchev–Trinajstić information content (AvgIpc) is 2.72. The number of nitrogens with zero attached hydrogens (tertiary/aromatic N) is 2. The number of hydrogen-bond donors (Lipinski definition) is 0. The molecule has 0 aliphatic carbocycles. The summed E-state index contributed by atoms with van der Waals surface area (Å²) in [6.07, 6.45) is 3.85. The summed E-state index contributed by atoms with van der Waals surface area (Å²) in [5.74, 6) is 2.12. The first-order valence-electron chi connectivity index (χ1n) is 9.69. The number of halogens is 2. The molecule has 2 rings (SSSR count). The standard InChI is InChI=1S/C20H30BrClN2O4/c1-26-18-13-16(17(21)14-19(18)27-2)15-23-8-10-24(11-9-23)20(25)28-12-6-4-3-5-7-22/h13-14H,3-12,15H2,1-2H3. The molecule has 1 fully saturated rings. The molecule has 0 unspecified atom stereocenters. The Kier molecular flexibility index (Phi) is 10.2. The number of ether oxygens (including phenoxy) is 3. The molecule has 0 radical (unpaired) electrons. The molecular formula is C20H30BrClN2O4. The van der Waals surface area contributed by atoms with Crippen LogP contribution in [-0.4, -0.2) is 68.8 Å². The van der Waals surface area contributed by atoms with E-state index in [4.69, 9.17) is 25.8 Å². The summed E-state index contributed by atoms with van der Waals surface area (Å²) in [7, 11) is 3.26. The second kappa shape index (κ2) is 12.4. The highest BCUT2D eigenvalue weighted by molar-refractivity contribution is 9.10. The molecule has 0 spiro atoms. The van der Waals surface area contributed by atoms with Crippen molar-refractivity contribution in [3.8, 4) is 11.5 Å². The highest BCUT2D eigenvalue weighted by Crippen LogP contribution is 2.34. The first-order chi connectivity index (χ1) is 13.6. The molecule has 1 amide bonds. The third-order valence-corrected chi connectivity index (χ3v) is 5.84. The van der Waals surface area contributed by atoms with Gasteiger partial charge in [-0.1, -0.05) is 28.8 Å². The van der Waals surface area contributed by atoms with Crippen LogP contribution in [0.5, 0.6) is 11.5 Å². The lowest BCUT2D eigenvalue weighted by Gasteiger charge is -2.34. The van der Waals surface area contributed by atoms with Crippen LogP contribution in [0.4, 0.5) is 4.79 Å². The number of carbonyl (C=O) groups is 1. The van der Waals surface area contributed by atoms with Crippen molar-refractivity contribution in [1.29, 1.82) is 0 Å². The molecule has 1 aliphatic heterocycles. The van der Waals surface area contributed by atoms with Gasteiger partial charge >= 0.3 is 6.09 Å². The van der Waals surface area contributed by atoms with E-state index in [1.807, 2.05) is 12.1 Å². The van der Waals surface area contributed by atoms with Crippen LogP contribution in [0, 0.1) is 0 Å². The van der Waals surface area contributed by atoms with Crippen LogP contribution < -0.4 is 9.47 Å². The first kappa shape index (κ1) is 23.1. The van der Waals surface area contributed by atoms with Gasteiger partial charge in [-0.05, 0) is 30.5 Å². The zero-order chi connectivity index (χ0) is 20.4. The van der Waals surface area contributed by atoms with E-state index in [-0.39, 0.29) is 6.09 Å². The Morgan fingerprint density at radius 2 is 1.68 bits per heavy atom. The lowest BCUT2D eigenvalue weighted by atomic mass is 10.1. The van der Waals surface area contributed by atoms with Gasteiger partial charge in [0.1, 0.15) is 0 Å². The minimum Gasteiger partial charge on any atom is -0.493 e. The number of alkyl halides is 1. The molecule has 0 bridgehead atoms. The number of benzene rings is 1. The highest BCUT2D eigenvalue weighted by Gasteiger charge is 2.23. The molecule has 0 atom stereocenters. The van der Waals surface area contributed by atoms with Crippen LogP contribution in [0.15, 0.2) is 16.6 Å². The number of methoxy groups -OCH3 is 2. The SMILES string of the molecule is COc1cc(Br)c(CN2CCN(C(=O)OCCCCCCCl)CC2)cc1OC. The number of carbonyl (C=O) groups excluding carboxylic acids is 1. The van der Waals surface area contributed by atoms with Gasteiger partial charge < -0.3 is 19.1 Å². The zero-order valence-corrected chi connectivity index (χ0v) is 19.1. The number of rotatable bonds is 10. The Balaban J connectivity index is 1.75. The normalized spacial score (nSPS) is 14.8. The molecular weight excluding hydrogens is 448 g/mol. The van der Waals surface area contributed by atoms with Gasteiger partial charge in [0.15, 0.2) is 11.5 Å². The highest BCUT2D eigenvalue weighted by atomic mass is 79.9.